The smallest absolute Gasteiger partial charge is 0.263 e. The van der Waals surface area contributed by atoms with Crippen LogP contribution >= 0.6 is 11.3 Å². The number of aromatic nitrogens is 3. The van der Waals surface area contributed by atoms with E-state index in [1.807, 2.05) is 32.0 Å². The third-order valence-electron chi connectivity index (χ3n) is 4.62. The van der Waals surface area contributed by atoms with Crippen LogP contribution in [0.5, 0.6) is 0 Å². The highest BCUT2D eigenvalue weighted by molar-refractivity contribution is 7.17. The van der Waals surface area contributed by atoms with Crippen LogP contribution in [0.4, 0.5) is 5.95 Å². The van der Waals surface area contributed by atoms with Crippen molar-refractivity contribution in [3.05, 3.63) is 46.9 Å². The summed E-state index contributed by atoms with van der Waals surface area (Å²) in [6.45, 7) is 5.41. The van der Waals surface area contributed by atoms with Crippen LogP contribution in [0.1, 0.15) is 34.0 Å². The molecule has 1 aliphatic rings. The Kier molecular flexibility index (Phi) is 4.89. The lowest BCUT2D eigenvalue weighted by atomic mass is 10.1. The molecule has 1 amide bonds. The highest BCUT2D eigenvalue weighted by atomic mass is 32.1. The Morgan fingerprint density at radius 2 is 1.96 bits per heavy atom. The maximum absolute atomic E-state index is 12.7. The number of anilines is 1. The molecule has 1 aliphatic heterocycles. The van der Waals surface area contributed by atoms with E-state index >= 15 is 0 Å². The van der Waals surface area contributed by atoms with Gasteiger partial charge in [0.15, 0.2) is 10.8 Å². The van der Waals surface area contributed by atoms with Crippen LogP contribution in [0.2, 0.25) is 0 Å². The Hall–Kier alpha value is -2.74. The number of piperidine rings is 1. The summed E-state index contributed by atoms with van der Waals surface area (Å²) in [4.78, 5) is 28.6. The van der Waals surface area contributed by atoms with Crippen molar-refractivity contribution in [3.63, 3.8) is 0 Å². The van der Waals surface area contributed by atoms with Crippen molar-refractivity contribution < 1.29 is 9.21 Å². The molecule has 4 rings (SSSR count). The van der Waals surface area contributed by atoms with Gasteiger partial charge in [-0.25, -0.2) is 15.0 Å². The average molecular weight is 383 g/mol. The molecule has 7 nitrogen and oxygen atoms in total. The quantitative estimate of drug-likeness (QED) is 0.745. The van der Waals surface area contributed by atoms with E-state index in [2.05, 4.69) is 25.2 Å². The number of furan rings is 1. The molecule has 0 radical (unpaired) electrons. The number of rotatable bonds is 4. The lowest BCUT2D eigenvalue weighted by molar-refractivity contribution is 0.0934. The number of nitrogens with zero attached hydrogens (tertiary/aromatic N) is 4. The Balaban J connectivity index is 1.38. The zero-order valence-electron chi connectivity index (χ0n) is 15.3. The van der Waals surface area contributed by atoms with Crippen LogP contribution in [0.3, 0.4) is 0 Å². The lowest BCUT2D eigenvalue weighted by Gasteiger charge is -2.32. The fraction of sp³-hybridized carbons (Fsp3) is 0.368. The number of thiazole rings is 1. The van der Waals surface area contributed by atoms with Gasteiger partial charge in [-0.3, -0.25) is 4.79 Å². The first kappa shape index (κ1) is 17.7. The Morgan fingerprint density at radius 1 is 1.22 bits per heavy atom. The summed E-state index contributed by atoms with van der Waals surface area (Å²) in [5, 5.41) is 3.89. The Bertz CT molecular complexity index is 929. The molecular weight excluding hydrogens is 362 g/mol. The summed E-state index contributed by atoms with van der Waals surface area (Å²) in [5.74, 6) is 2.22. The molecule has 0 aromatic carbocycles. The minimum Gasteiger partial charge on any atom is -0.459 e. The highest BCUT2D eigenvalue weighted by Gasteiger charge is 2.24. The fourth-order valence-corrected chi connectivity index (χ4v) is 4.12. The molecule has 0 spiro atoms. The molecule has 3 aromatic rings. The van der Waals surface area contributed by atoms with E-state index in [-0.39, 0.29) is 11.9 Å². The highest BCUT2D eigenvalue weighted by Crippen LogP contribution is 2.29. The monoisotopic (exact) mass is 383 g/mol. The standard InChI is InChI=1S/C19H21N5O2S/c1-12-4-5-15(26-12)18-22-13(2)16(27-18)17(25)23-14-6-10-24(11-7-14)19-20-8-3-9-21-19/h3-5,8-9,14H,6-7,10-11H2,1-2H3,(H,23,25). The van der Waals surface area contributed by atoms with Gasteiger partial charge < -0.3 is 14.6 Å². The van der Waals surface area contributed by atoms with E-state index in [0.29, 0.717) is 10.6 Å². The van der Waals surface area contributed by atoms with Gasteiger partial charge in [0.05, 0.1) is 5.69 Å². The summed E-state index contributed by atoms with van der Waals surface area (Å²) in [5.41, 5.74) is 0.733. The molecule has 0 atom stereocenters. The van der Waals surface area contributed by atoms with Crippen LogP contribution in [-0.4, -0.2) is 40.0 Å². The van der Waals surface area contributed by atoms with Gasteiger partial charge in [-0.2, -0.15) is 0 Å². The molecule has 0 aliphatic carbocycles. The van der Waals surface area contributed by atoms with Crippen LogP contribution < -0.4 is 10.2 Å². The summed E-state index contributed by atoms with van der Waals surface area (Å²) in [6.07, 6.45) is 5.24. The number of carbonyl (C=O) groups excluding carboxylic acids is 1. The fourth-order valence-electron chi connectivity index (χ4n) is 3.19. The maximum Gasteiger partial charge on any atom is 0.263 e. The normalized spacial score (nSPS) is 15.1. The second-order valence-corrected chi connectivity index (χ2v) is 7.63. The molecular formula is C19H21N5O2S. The van der Waals surface area contributed by atoms with Crippen molar-refractivity contribution >= 4 is 23.2 Å². The van der Waals surface area contributed by atoms with E-state index < -0.39 is 0 Å². The predicted molar refractivity (Wildman–Crippen MR) is 104 cm³/mol. The SMILES string of the molecule is Cc1ccc(-c2nc(C)c(C(=O)NC3CCN(c4ncccn4)CC3)s2)o1. The average Bonchev–Trinajstić information content (AvgIpc) is 3.29. The van der Waals surface area contributed by atoms with Crippen molar-refractivity contribution in [2.45, 2.75) is 32.7 Å². The molecule has 1 fully saturated rings. The van der Waals surface area contributed by atoms with Crippen LogP contribution in [0.15, 0.2) is 35.0 Å². The molecule has 0 unspecified atom stereocenters. The largest absolute Gasteiger partial charge is 0.459 e. The molecule has 0 bridgehead atoms. The van der Waals surface area contributed by atoms with Gasteiger partial charge in [-0.15, -0.1) is 11.3 Å². The van der Waals surface area contributed by atoms with Crippen LogP contribution in [0, 0.1) is 13.8 Å². The zero-order chi connectivity index (χ0) is 18.8. The van der Waals surface area contributed by atoms with E-state index in [0.717, 1.165) is 48.3 Å². The number of hydrogen-bond donors (Lipinski definition) is 1. The number of aryl methyl sites for hydroxylation is 2. The maximum atomic E-state index is 12.7. The van der Waals surface area contributed by atoms with Gasteiger partial charge >= 0.3 is 0 Å². The Labute approximate surface area is 161 Å². The summed E-state index contributed by atoms with van der Waals surface area (Å²) >= 11 is 1.37. The van der Waals surface area contributed by atoms with Crippen molar-refractivity contribution in [1.82, 2.24) is 20.3 Å². The molecule has 3 aromatic heterocycles. The molecule has 8 heteroatoms. The third-order valence-corrected chi connectivity index (χ3v) is 5.79. The molecule has 27 heavy (non-hydrogen) atoms. The van der Waals surface area contributed by atoms with E-state index in [1.54, 1.807) is 12.4 Å². The van der Waals surface area contributed by atoms with Gasteiger partial charge in [-0.05, 0) is 44.9 Å². The minimum absolute atomic E-state index is 0.0612. The first-order valence-corrected chi connectivity index (χ1v) is 9.79. The first-order valence-electron chi connectivity index (χ1n) is 8.97. The number of amides is 1. The number of hydrogen-bond acceptors (Lipinski definition) is 7. The number of carbonyl (C=O) groups is 1. The molecule has 1 saturated heterocycles. The zero-order valence-corrected chi connectivity index (χ0v) is 16.1. The van der Waals surface area contributed by atoms with Crippen molar-refractivity contribution in [1.29, 1.82) is 0 Å². The second kappa shape index (κ2) is 7.48. The van der Waals surface area contributed by atoms with Crippen LogP contribution in [-0.2, 0) is 0 Å². The van der Waals surface area contributed by atoms with Crippen molar-refractivity contribution in [2.24, 2.45) is 0 Å². The van der Waals surface area contributed by atoms with Crippen molar-refractivity contribution in [3.8, 4) is 10.8 Å². The topological polar surface area (TPSA) is 84.2 Å². The predicted octanol–water partition coefficient (Wildman–Crippen LogP) is 3.21. The van der Waals surface area contributed by atoms with Gasteiger partial charge in [0, 0.05) is 31.5 Å². The summed E-state index contributed by atoms with van der Waals surface area (Å²) in [6, 6.07) is 5.74. The molecule has 0 saturated carbocycles. The van der Waals surface area contributed by atoms with Crippen molar-refractivity contribution in [2.75, 3.05) is 18.0 Å². The second-order valence-electron chi connectivity index (χ2n) is 6.63. The first-order chi connectivity index (χ1) is 13.1. The minimum atomic E-state index is -0.0612. The molecule has 4 heterocycles. The molecule has 140 valence electrons. The van der Waals surface area contributed by atoms with Gasteiger partial charge in [0.25, 0.3) is 5.91 Å². The van der Waals surface area contributed by atoms with Gasteiger partial charge in [0.1, 0.15) is 10.6 Å². The molecule has 1 N–H and O–H groups in total. The lowest BCUT2D eigenvalue weighted by Crippen LogP contribution is -2.45. The van der Waals surface area contributed by atoms with Gasteiger partial charge in [-0.1, -0.05) is 0 Å². The van der Waals surface area contributed by atoms with E-state index in [9.17, 15) is 4.79 Å². The number of nitrogens with one attached hydrogen (secondary N) is 1. The van der Waals surface area contributed by atoms with Crippen LogP contribution in [0.25, 0.3) is 10.8 Å². The summed E-state index contributed by atoms with van der Waals surface area (Å²) in [7, 11) is 0. The van der Waals surface area contributed by atoms with E-state index in [4.69, 9.17) is 4.42 Å². The summed E-state index contributed by atoms with van der Waals surface area (Å²) < 4.78 is 5.62. The third kappa shape index (κ3) is 3.85. The van der Waals surface area contributed by atoms with Gasteiger partial charge in [0.2, 0.25) is 5.95 Å². The van der Waals surface area contributed by atoms with E-state index in [1.165, 1.54) is 11.3 Å². The Morgan fingerprint density at radius 3 is 2.63 bits per heavy atom.